The minimum absolute atomic E-state index is 0.362. The molecule has 0 radical (unpaired) electrons. The van der Waals surface area contributed by atoms with E-state index in [9.17, 15) is 9.59 Å². The van der Waals surface area contributed by atoms with Gasteiger partial charge in [-0.25, -0.2) is 4.79 Å². The second kappa shape index (κ2) is 4.05. The smallest absolute Gasteiger partial charge is 0.329 e. The maximum atomic E-state index is 12.2. The molecule has 96 valence electrons. The number of benzene rings is 1. The summed E-state index contributed by atoms with van der Waals surface area (Å²) < 4.78 is 0. The number of fused-ring (bicyclic) bond motifs is 1. The van der Waals surface area contributed by atoms with Crippen LogP contribution in [-0.2, 0) is 4.79 Å². The van der Waals surface area contributed by atoms with E-state index in [0.717, 1.165) is 10.9 Å². The molecule has 0 bridgehead atoms. The van der Waals surface area contributed by atoms with Gasteiger partial charge in [0.2, 0.25) is 0 Å². The average molecular weight is 256 g/mol. The molecule has 0 atom stereocenters. The molecule has 3 rings (SSSR count). The summed E-state index contributed by atoms with van der Waals surface area (Å²) in [7, 11) is 0. The highest BCUT2D eigenvalue weighted by Gasteiger charge is 2.51. The van der Waals surface area contributed by atoms with E-state index in [1.54, 1.807) is 18.3 Å². The van der Waals surface area contributed by atoms with Crippen LogP contribution in [0.1, 0.15) is 23.2 Å². The first-order valence-corrected chi connectivity index (χ1v) is 6.02. The van der Waals surface area contributed by atoms with Crippen molar-refractivity contribution in [1.82, 2.24) is 10.3 Å². The van der Waals surface area contributed by atoms with Gasteiger partial charge in [0.15, 0.2) is 0 Å². The van der Waals surface area contributed by atoms with Gasteiger partial charge in [-0.2, -0.15) is 0 Å². The normalized spacial score (nSPS) is 16.0. The molecule has 2 N–H and O–H groups in total. The molecule has 19 heavy (non-hydrogen) atoms. The number of pyridine rings is 1. The second-order valence-electron chi connectivity index (χ2n) is 4.72. The second-order valence-corrected chi connectivity index (χ2v) is 4.72. The number of amides is 1. The zero-order chi connectivity index (χ0) is 13.5. The quantitative estimate of drug-likeness (QED) is 0.873. The number of aromatic nitrogens is 1. The van der Waals surface area contributed by atoms with Crippen LogP contribution in [0.3, 0.4) is 0 Å². The molecule has 0 saturated heterocycles. The van der Waals surface area contributed by atoms with Crippen molar-refractivity contribution >= 4 is 22.8 Å². The highest BCUT2D eigenvalue weighted by molar-refractivity contribution is 6.07. The summed E-state index contributed by atoms with van der Waals surface area (Å²) in [5.74, 6) is -1.34. The monoisotopic (exact) mass is 256 g/mol. The van der Waals surface area contributed by atoms with Crippen LogP contribution in [0.15, 0.2) is 36.5 Å². The fraction of sp³-hybridized carbons (Fsp3) is 0.214. The third-order valence-electron chi connectivity index (χ3n) is 3.41. The lowest BCUT2D eigenvalue weighted by Crippen LogP contribution is -2.43. The van der Waals surface area contributed by atoms with Crippen molar-refractivity contribution in [2.75, 3.05) is 0 Å². The van der Waals surface area contributed by atoms with Gasteiger partial charge in [0, 0.05) is 11.6 Å². The van der Waals surface area contributed by atoms with Crippen LogP contribution >= 0.6 is 0 Å². The largest absolute Gasteiger partial charge is 0.480 e. The molecule has 1 amide bonds. The van der Waals surface area contributed by atoms with Gasteiger partial charge >= 0.3 is 5.97 Å². The molecule has 1 aliphatic carbocycles. The van der Waals surface area contributed by atoms with E-state index in [-0.39, 0.29) is 5.91 Å². The molecule has 0 unspecified atom stereocenters. The minimum Gasteiger partial charge on any atom is -0.480 e. The maximum absolute atomic E-state index is 12.2. The van der Waals surface area contributed by atoms with Gasteiger partial charge in [-0.1, -0.05) is 18.2 Å². The lowest BCUT2D eigenvalue weighted by Gasteiger charge is -2.13. The van der Waals surface area contributed by atoms with Crippen molar-refractivity contribution in [1.29, 1.82) is 0 Å². The number of para-hydroxylation sites is 1. The van der Waals surface area contributed by atoms with Gasteiger partial charge in [0.25, 0.3) is 5.91 Å². The number of hydrogen-bond acceptors (Lipinski definition) is 3. The lowest BCUT2D eigenvalue weighted by atomic mass is 10.1. The standard InChI is InChI=1S/C14H12N2O3/c17-12(16-14(6-7-14)13(18)19)10-5-8-15-11-4-2-1-3-9(10)11/h1-5,8H,6-7H2,(H,16,17)(H,18,19). The Morgan fingerprint density at radius 1 is 1.21 bits per heavy atom. The van der Waals surface area contributed by atoms with Crippen LogP contribution in [0.4, 0.5) is 0 Å². The highest BCUT2D eigenvalue weighted by Crippen LogP contribution is 2.36. The van der Waals surface area contributed by atoms with E-state index in [4.69, 9.17) is 5.11 Å². The first-order chi connectivity index (χ1) is 9.12. The average Bonchev–Trinajstić information content (AvgIpc) is 3.19. The van der Waals surface area contributed by atoms with Crippen molar-refractivity contribution < 1.29 is 14.7 Å². The third kappa shape index (κ3) is 1.93. The number of carboxylic acid groups (broad SMARTS) is 1. The van der Waals surface area contributed by atoms with Crippen LogP contribution in [0, 0.1) is 0 Å². The molecule has 1 fully saturated rings. The van der Waals surface area contributed by atoms with Gasteiger partial charge in [-0.15, -0.1) is 0 Å². The van der Waals surface area contributed by atoms with Crippen LogP contribution < -0.4 is 5.32 Å². The van der Waals surface area contributed by atoms with Gasteiger partial charge in [0.1, 0.15) is 5.54 Å². The van der Waals surface area contributed by atoms with Gasteiger partial charge in [0.05, 0.1) is 11.1 Å². The SMILES string of the molecule is O=C(NC1(C(=O)O)CC1)c1ccnc2ccccc12. The predicted molar refractivity (Wildman–Crippen MR) is 68.8 cm³/mol. The van der Waals surface area contributed by atoms with E-state index >= 15 is 0 Å². The van der Waals surface area contributed by atoms with E-state index in [0.29, 0.717) is 18.4 Å². The fourth-order valence-electron chi connectivity index (χ4n) is 2.10. The molecule has 5 nitrogen and oxygen atoms in total. The number of carbonyl (C=O) groups is 2. The van der Waals surface area contributed by atoms with Gasteiger partial charge in [-0.3, -0.25) is 9.78 Å². The summed E-state index contributed by atoms with van der Waals surface area (Å²) >= 11 is 0. The predicted octanol–water partition coefficient (Wildman–Crippen LogP) is 1.58. The van der Waals surface area contributed by atoms with E-state index in [2.05, 4.69) is 10.3 Å². The summed E-state index contributed by atoms with van der Waals surface area (Å²) in [5.41, 5.74) is 0.106. The first-order valence-electron chi connectivity index (χ1n) is 6.02. The number of rotatable bonds is 3. The van der Waals surface area contributed by atoms with Gasteiger partial charge in [-0.05, 0) is 25.0 Å². The number of carbonyl (C=O) groups excluding carboxylic acids is 1. The summed E-state index contributed by atoms with van der Waals surface area (Å²) in [6, 6.07) is 8.89. The molecule has 0 spiro atoms. The highest BCUT2D eigenvalue weighted by atomic mass is 16.4. The van der Waals surface area contributed by atoms with Crippen LogP contribution in [0.5, 0.6) is 0 Å². The van der Waals surface area contributed by atoms with Crippen LogP contribution in [0.2, 0.25) is 0 Å². The van der Waals surface area contributed by atoms with Crippen LogP contribution in [0.25, 0.3) is 10.9 Å². The van der Waals surface area contributed by atoms with Crippen molar-refractivity contribution in [2.45, 2.75) is 18.4 Å². The Morgan fingerprint density at radius 2 is 1.95 bits per heavy atom. The number of carboxylic acids is 1. The zero-order valence-electron chi connectivity index (χ0n) is 10.1. The Bertz CT molecular complexity index is 672. The van der Waals surface area contributed by atoms with Gasteiger partial charge < -0.3 is 10.4 Å². The van der Waals surface area contributed by atoms with E-state index in [1.807, 2.05) is 18.2 Å². The number of nitrogens with zero attached hydrogens (tertiary/aromatic N) is 1. The topological polar surface area (TPSA) is 79.3 Å². The number of aliphatic carboxylic acids is 1. The lowest BCUT2D eigenvalue weighted by molar-refractivity contribution is -0.140. The molecule has 1 aromatic heterocycles. The maximum Gasteiger partial charge on any atom is 0.329 e. The Balaban J connectivity index is 1.96. The fourth-order valence-corrected chi connectivity index (χ4v) is 2.10. The molecule has 5 heteroatoms. The molecule has 1 aliphatic rings. The van der Waals surface area contributed by atoms with Crippen LogP contribution in [-0.4, -0.2) is 27.5 Å². The molecule has 1 heterocycles. The zero-order valence-corrected chi connectivity index (χ0v) is 10.1. The first kappa shape index (κ1) is 11.6. The Hall–Kier alpha value is -2.43. The van der Waals surface area contributed by atoms with Crippen molar-refractivity contribution in [3.8, 4) is 0 Å². The third-order valence-corrected chi connectivity index (χ3v) is 3.41. The van der Waals surface area contributed by atoms with Crippen molar-refractivity contribution in [3.63, 3.8) is 0 Å². The summed E-state index contributed by atoms with van der Waals surface area (Å²) in [5, 5.41) is 12.4. The Labute approximate surface area is 109 Å². The molecule has 2 aromatic rings. The van der Waals surface area contributed by atoms with E-state index < -0.39 is 11.5 Å². The summed E-state index contributed by atoms with van der Waals surface area (Å²) in [6.07, 6.45) is 2.52. The number of hydrogen-bond donors (Lipinski definition) is 2. The summed E-state index contributed by atoms with van der Waals surface area (Å²) in [4.78, 5) is 27.5. The minimum atomic E-state index is -1.07. The Kier molecular flexibility index (Phi) is 2.48. The van der Waals surface area contributed by atoms with Crippen molar-refractivity contribution in [2.24, 2.45) is 0 Å². The summed E-state index contributed by atoms with van der Waals surface area (Å²) in [6.45, 7) is 0. The Morgan fingerprint density at radius 3 is 2.63 bits per heavy atom. The molecule has 0 aliphatic heterocycles. The van der Waals surface area contributed by atoms with E-state index in [1.165, 1.54) is 0 Å². The molecule has 1 saturated carbocycles. The molecule has 1 aromatic carbocycles. The molecular formula is C14H12N2O3. The molecular weight excluding hydrogens is 244 g/mol. The van der Waals surface area contributed by atoms with Crippen molar-refractivity contribution in [3.05, 3.63) is 42.1 Å². The number of nitrogens with one attached hydrogen (secondary N) is 1.